The SMILES string of the molecule is CCNC(C)c1ccc(-c2cc(Cl)ccc2OC)cc1Cl. The lowest BCUT2D eigenvalue weighted by molar-refractivity contribution is 0.416. The molecule has 1 atom stereocenters. The molecule has 2 aromatic rings. The van der Waals surface area contributed by atoms with Gasteiger partial charge >= 0.3 is 0 Å². The lowest BCUT2D eigenvalue weighted by Gasteiger charge is -2.16. The maximum absolute atomic E-state index is 6.43. The van der Waals surface area contributed by atoms with Crippen LogP contribution in [0.2, 0.25) is 10.0 Å². The molecule has 1 N–H and O–H groups in total. The van der Waals surface area contributed by atoms with E-state index in [2.05, 4.69) is 19.2 Å². The van der Waals surface area contributed by atoms with Crippen LogP contribution >= 0.6 is 23.2 Å². The fourth-order valence-corrected chi connectivity index (χ4v) is 2.88. The first-order valence-electron chi connectivity index (χ1n) is 6.93. The molecule has 21 heavy (non-hydrogen) atoms. The predicted molar refractivity (Wildman–Crippen MR) is 90.5 cm³/mol. The molecule has 0 spiro atoms. The number of halogens is 2. The fourth-order valence-electron chi connectivity index (χ4n) is 2.37. The summed E-state index contributed by atoms with van der Waals surface area (Å²) in [7, 11) is 1.65. The summed E-state index contributed by atoms with van der Waals surface area (Å²) < 4.78 is 5.40. The molecule has 112 valence electrons. The van der Waals surface area contributed by atoms with E-state index in [4.69, 9.17) is 27.9 Å². The molecule has 0 radical (unpaired) electrons. The van der Waals surface area contributed by atoms with Crippen LogP contribution < -0.4 is 10.1 Å². The van der Waals surface area contributed by atoms with Crippen molar-refractivity contribution in [3.8, 4) is 16.9 Å². The number of rotatable bonds is 5. The summed E-state index contributed by atoms with van der Waals surface area (Å²) in [5.74, 6) is 0.781. The zero-order chi connectivity index (χ0) is 15.4. The van der Waals surface area contributed by atoms with Crippen LogP contribution in [0.25, 0.3) is 11.1 Å². The Morgan fingerprint density at radius 2 is 1.90 bits per heavy atom. The van der Waals surface area contributed by atoms with E-state index < -0.39 is 0 Å². The average Bonchev–Trinajstić information content (AvgIpc) is 2.47. The van der Waals surface area contributed by atoms with Gasteiger partial charge in [-0.15, -0.1) is 0 Å². The van der Waals surface area contributed by atoms with Crippen LogP contribution in [0, 0.1) is 0 Å². The first-order valence-corrected chi connectivity index (χ1v) is 7.69. The third-order valence-corrected chi connectivity index (χ3v) is 4.01. The minimum atomic E-state index is 0.220. The molecule has 0 amide bonds. The summed E-state index contributed by atoms with van der Waals surface area (Å²) in [6.07, 6.45) is 0. The smallest absolute Gasteiger partial charge is 0.126 e. The van der Waals surface area contributed by atoms with Crippen molar-refractivity contribution in [3.63, 3.8) is 0 Å². The zero-order valence-electron chi connectivity index (χ0n) is 12.4. The Morgan fingerprint density at radius 3 is 2.52 bits per heavy atom. The molecule has 0 heterocycles. The van der Waals surface area contributed by atoms with Crippen molar-refractivity contribution >= 4 is 23.2 Å². The van der Waals surface area contributed by atoms with Crippen molar-refractivity contribution in [2.45, 2.75) is 19.9 Å². The molecule has 0 aliphatic carbocycles. The van der Waals surface area contributed by atoms with Gasteiger partial charge in [0.25, 0.3) is 0 Å². The molecule has 0 aliphatic heterocycles. The van der Waals surface area contributed by atoms with E-state index in [-0.39, 0.29) is 6.04 Å². The molecule has 0 aliphatic rings. The monoisotopic (exact) mass is 323 g/mol. The summed E-state index contributed by atoms with van der Waals surface area (Å²) >= 11 is 12.5. The Labute approximate surface area is 136 Å². The molecule has 0 fully saturated rings. The van der Waals surface area contributed by atoms with Crippen molar-refractivity contribution in [2.75, 3.05) is 13.7 Å². The van der Waals surface area contributed by atoms with Gasteiger partial charge in [0, 0.05) is 21.7 Å². The van der Waals surface area contributed by atoms with Crippen LogP contribution in [0.4, 0.5) is 0 Å². The summed E-state index contributed by atoms with van der Waals surface area (Å²) in [5.41, 5.74) is 3.02. The van der Waals surface area contributed by atoms with Crippen molar-refractivity contribution in [1.29, 1.82) is 0 Å². The highest BCUT2D eigenvalue weighted by Gasteiger charge is 2.12. The average molecular weight is 324 g/mol. The lowest BCUT2D eigenvalue weighted by Crippen LogP contribution is -2.17. The van der Waals surface area contributed by atoms with Gasteiger partial charge in [-0.3, -0.25) is 0 Å². The normalized spacial score (nSPS) is 12.2. The van der Waals surface area contributed by atoms with Crippen LogP contribution in [0.5, 0.6) is 5.75 Å². The van der Waals surface area contributed by atoms with Crippen LogP contribution in [0.1, 0.15) is 25.5 Å². The van der Waals surface area contributed by atoms with Gasteiger partial charge in [-0.2, -0.15) is 0 Å². The van der Waals surface area contributed by atoms with Crippen molar-refractivity contribution in [2.24, 2.45) is 0 Å². The van der Waals surface area contributed by atoms with Gasteiger partial charge in [0.05, 0.1) is 7.11 Å². The minimum Gasteiger partial charge on any atom is -0.496 e. The summed E-state index contributed by atoms with van der Waals surface area (Å²) in [4.78, 5) is 0. The number of hydrogen-bond acceptors (Lipinski definition) is 2. The second-order valence-electron chi connectivity index (χ2n) is 4.86. The second kappa shape index (κ2) is 7.17. The molecule has 1 unspecified atom stereocenters. The Bertz CT molecular complexity index is 628. The lowest BCUT2D eigenvalue weighted by atomic mass is 10.0. The predicted octanol–water partition coefficient (Wildman–Crippen LogP) is 5.34. The highest BCUT2D eigenvalue weighted by Crippen LogP contribution is 2.35. The number of hydrogen-bond donors (Lipinski definition) is 1. The van der Waals surface area contributed by atoms with Gasteiger partial charge < -0.3 is 10.1 Å². The molecule has 0 aromatic heterocycles. The van der Waals surface area contributed by atoms with Crippen LogP contribution in [0.15, 0.2) is 36.4 Å². The van der Waals surface area contributed by atoms with E-state index >= 15 is 0 Å². The van der Waals surface area contributed by atoms with E-state index in [1.165, 1.54) is 0 Å². The van der Waals surface area contributed by atoms with Gasteiger partial charge in [0.15, 0.2) is 0 Å². The van der Waals surface area contributed by atoms with Crippen molar-refractivity contribution < 1.29 is 4.74 Å². The van der Waals surface area contributed by atoms with E-state index in [9.17, 15) is 0 Å². The Balaban J connectivity index is 2.43. The molecule has 0 saturated heterocycles. The summed E-state index contributed by atoms with van der Waals surface area (Å²) in [5, 5.41) is 4.78. The van der Waals surface area contributed by atoms with Crippen molar-refractivity contribution in [3.05, 3.63) is 52.0 Å². The highest BCUT2D eigenvalue weighted by molar-refractivity contribution is 6.32. The van der Waals surface area contributed by atoms with Gasteiger partial charge in [-0.1, -0.05) is 42.3 Å². The van der Waals surface area contributed by atoms with Gasteiger partial charge in [0.1, 0.15) is 5.75 Å². The van der Waals surface area contributed by atoms with E-state index in [0.717, 1.165) is 34.0 Å². The molecular formula is C17H19Cl2NO. The number of benzene rings is 2. The third-order valence-electron chi connectivity index (χ3n) is 3.45. The van der Waals surface area contributed by atoms with Gasteiger partial charge in [-0.05, 0) is 48.9 Å². The molecular weight excluding hydrogens is 305 g/mol. The molecule has 0 saturated carbocycles. The maximum Gasteiger partial charge on any atom is 0.126 e. The molecule has 2 aromatic carbocycles. The van der Waals surface area contributed by atoms with Crippen molar-refractivity contribution in [1.82, 2.24) is 5.32 Å². The van der Waals surface area contributed by atoms with Crippen LogP contribution in [0.3, 0.4) is 0 Å². The number of methoxy groups -OCH3 is 1. The molecule has 0 bridgehead atoms. The Kier molecular flexibility index (Phi) is 5.51. The second-order valence-corrected chi connectivity index (χ2v) is 5.70. The quantitative estimate of drug-likeness (QED) is 0.801. The molecule has 2 rings (SSSR count). The molecule has 2 nitrogen and oxygen atoms in total. The largest absolute Gasteiger partial charge is 0.496 e. The number of nitrogens with one attached hydrogen (secondary N) is 1. The minimum absolute atomic E-state index is 0.220. The highest BCUT2D eigenvalue weighted by atomic mass is 35.5. The Hall–Kier alpha value is -1.22. The summed E-state index contributed by atoms with van der Waals surface area (Å²) in [6, 6.07) is 11.8. The first-order chi connectivity index (χ1) is 10.1. The van der Waals surface area contributed by atoms with E-state index in [0.29, 0.717) is 5.02 Å². The Morgan fingerprint density at radius 1 is 1.14 bits per heavy atom. The third kappa shape index (κ3) is 3.70. The number of ether oxygens (including phenoxy) is 1. The standard InChI is InChI=1S/C17H19Cl2NO/c1-4-20-11(2)14-7-5-12(9-16(14)19)15-10-13(18)6-8-17(15)21-3/h5-11,20H,4H2,1-3H3. The van der Waals surface area contributed by atoms with Crippen LogP contribution in [-0.4, -0.2) is 13.7 Å². The maximum atomic E-state index is 6.43. The van der Waals surface area contributed by atoms with Gasteiger partial charge in [0.2, 0.25) is 0 Å². The van der Waals surface area contributed by atoms with E-state index in [1.807, 2.05) is 36.4 Å². The first kappa shape index (κ1) is 16.2. The van der Waals surface area contributed by atoms with E-state index in [1.54, 1.807) is 7.11 Å². The fraction of sp³-hybridized carbons (Fsp3) is 0.294. The topological polar surface area (TPSA) is 21.3 Å². The van der Waals surface area contributed by atoms with Crippen LogP contribution in [-0.2, 0) is 0 Å². The molecule has 4 heteroatoms. The van der Waals surface area contributed by atoms with Gasteiger partial charge in [-0.25, -0.2) is 0 Å². The summed E-state index contributed by atoms with van der Waals surface area (Å²) in [6.45, 7) is 5.08. The zero-order valence-corrected chi connectivity index (χ0v) is 13.9.